The molecule has 0 bridgehead atoms. The SMILES string of the molecule is COc1ccc(CCO[C@H]2CCCC[C@@H]2N2CC[C@H](OCCc3ccc(OCC(O)CNC(C)C)cc3)C2)cc1OC. The first-order valence-corrected chi connectivity index (χ1v) is 15.8. The maximum Gasteiger partial charge on any atom is 0.160 e. The zero-order valence-electron chi connectivity index (χ0n) is 26.1. The number of hydrogen-bond donors (Lipinski definition) is 2. The summed E-state index contributed by atoms with van der Waals surface area (Å²) >= 11 is 0. The molecule has 2 aliphatic rings. The normalized spacial score (nSPS) is 21.9. The number of rotatable bonds is 17. The monoisotopic (exact) mass is 584 g/mol. The van der Waals surface area contributed by atoms with Crippen LogP contribution in [0.4, 0.5) is 0 Å². The molecule has 0 aromatic heterocycles. The van der Waals surface area contributed by atoms with Crippen molar-refractivity contribution < 1.29 is 28.8 Å². The van der Waals surface area contributed by atoms with Gasteiger partial charge < -0.3 is 34.1 Å². The van der Waals surface area contributed by atoms with Crippen molar-refractivity contribution in [2.24, 2.45) is 0 Å². The van der Waals surface area contributed by atoms with Crippen molar-refractivity contribution >= 4 is 0 Å². The highest BCUT2D eigenvalue weighted by Gasteiger charge is 2.35. The Morgan fingerprint density at radius 1 is 0.881 bits per heavy atom. The summed E-state index contributed by atoms with van der Waals surface area (Å²) in [6, 6.07) is 15.1. The third kappa shape index (κ3) is 10.1. The van der Waals surface area contributed by atoms with Gasteiger partial charge >= 0.3 is 0 Å². The van der Waals surface area contributed by atoms with E-state index in [0.29, 0.717) is 31.8 Å². The molecule has 1 saturated carbocycles. The van der Waals surface area contributed by atoms with Crippen molar-refractivity contribution in [3.05, 3.63) is 53.6 Å². The molecule has 4 atom stereocenters. The molecule has 2 fully saturated rings. The standard InChI is InChI=1S/C34H52N2O6/c1-25(2)35-22-28(37)24-42-29-12-9-26(10-13-29)16-19-40-30-15-18-36(23-30)31-7-5-6-8-32(31)41-20-17-27-11-14-33(38-3)34(21-27)39-4/h9-14,21,25,28,30-32,35,37H,5-8,15-20,22-24H2,1-4H3/t28?,30-,31-,32-/m0/s1. The number of likely N-dealkylation sites (tertiary alicyclic amines) is 1. The molecule has 1 aliphatic heterocycles. The molecular weight excluding hydrogens is 532 g/mol. The summed E-state index contributed by atoms with van der Waals surface area (Å²) in [5.41, 5.74) is 2.43. The summed E-state index contributed by atoms with van der Waals surface area (Å²) in [7, 11) is 3.34. The molecule has 1 saturated heterocycles. The number of ether oxygens (including phenoxy) is 5. The number of aliphatic hydroxyl groups is 1. The molecule has 2 aromatic carbocycles. The molecule has 4 rings (SSSR count). The Balaban J connectivity index is 1.15. The topological polar surface area (TPSA) is 81.7 Å². The Kier molecular flexibility index (Phi) is 13.2. The Labute approximate surface area is 252 Å². The average molecular weight is 585 g/mol. The molecule has 2 N–H and O–H groups in total. The largest absolute Gasteiger partial charge is 0.493 e. The summed E-state index contributed by atoms with van der Waals surface area (Å²) < 4.78 is 29.4. The van der Waals surface area contributed by atoms with E-state index in [2.05, 4.69) is 42.3 Å². The van der Waals surface area contributed by atoms with Crippen LogP contribution in [0.25, 0.3) is 0 Å². The summed E-state index contributed by atoms with van der Waals surface area (Å²) in [6.45, 7) is 8.43. The summed E-state index contributed by atoms with van der Waals surface area (Å²) in [4.78, 5) is 2.61. The molecule has 234 valence electrons. The second-order valence-corrected chi connectivity index (χ2v) is 11.9. The lowest BCUT2D eigenvalue weighted by Crippen LogP contribution is -2.46. The minimum Gasteiger partial charge on any atom is -0.493 e. The molecule has 42 heavy (non-hydrogen) atoms. The first kappa shape index (κ1) is 32.6. The van der Waals surface area contributed by atoms with E-state index < -0.39 is 6.10 Å². The quantitative estimate of drug-likeness (QED) is 0.278. The molecule has 0 radical (unpaired) electrons. The van der Waals surface area contributed by atoms with Crippen LogP contribution in [-0.2, 0) is 22.3 Å². The Bertz CT molecular complexity index is 1050. The maximum atomic E-state index is 10.0. The Morgan fingerprint density at radius 2 is 1.60 bits per heavy atom. The van der Waals surface area contributed by atoms with E-state index in [9.17, 15) is 5.11 Å². The summed E-state index contributed by atoms with van der Waals surface area (Å²) in [5, 5.41) is 13.3. The van der Waals surface area contributed by atoms with Crippen LogP contribution in [0, 0.1) is 0 Å². The van der Waals surface area contributed by atoms with E-state index in [1.54, 1.807) is 14.2 Å². The predicted octanol–water partition coefficient (Wildman–Crippen LogP) is 4.65. The minimum atomic E-state index is -0.522. The highest BCUT2D eigenvalue weighted by atomic mass is 16.5. The second-order valence-electron chi connectivity index (χ2n) is 11.9. The second kappa shape index (κ2) is 17.1. The van der Waals surface area contributed by atoms with E-state index in [1.807, 2.05) is 24.3 Å². The number of nitrogens with zero attached hydrogens (tertiary/aromatic N) is 1. The zero-order valence-corrected chi connectivity index (χ0v) is 26.1. The van der Waals surface area contributed by atoms with Gasteiger partial charge in [0.15, 0.2) is 11.5 Å². The minimum absolute atomic E-state index is 0.280. The van der Waals surface area contributed by atoms with Crippen molar-refractivity contribution in [1.29, 1.82) is 0 Å². The number of benzene rings is 2. The van der Waals surface area contributed by atoms with Gasteiger partial charge in [-0.25, -0.2) is 0 Å². The van der Waals surface area contributed by atoms with Crippen LogP contribution in [0.5, 0.6) is 17.2 Å². The molecule has 8 nitrogen and oxygen atoms in total. The van der Waals surface area contributed by atoms with E-state index >= 15 is 0 Å². The van der Waals surface area contributed by atoms with Gasteiger partial charge in [0.2, 0.25) is 0 Å². The highest BCUT2D eigenvalue weighted by molar-refractivity contribution is 5.42. The van der Waals surface area contributed by atoms with Crippen LogP contribution in [0.2, 0.25) is 0 Å². The number of hydrogen-bond acceptors (Lipinski definition) is 8. The molecule has 1 aliphatic carbocycles. The third-order valence-corrected chi connectivity index (χ3v) is 8.36. The number of nitrogens with one attached hydrogen (secondary N) is 1. The van der Waals surface area contributed by atoms with Gasteiger partial charge in [0.05, 0.1) is 39.6 Å². The van der Waals surface area contributed by atoms with Crippen molar-refractivity contribution in [1.82, 2.24) is 10.2 Å². The summed E-state index contributed by atoms with van der Waals surface area (Å²) in [5.74, 6) is 2.30. The van der Waals surface area contributed by atoms with Gasteiger partial charge in [0, 0.05) is 31.7 Å². The van der Waals surface area contributed by atoms with E-state index in [0.717, 1.165) is 56.0 Å². The maximum absolute atomic E-state index is 10.0. The first-order chi connectivity index (χ1) is 20.4. The fraction of sp³-hybridized carbons (Fsp3) is 0.647. The van der Waals surface area contributed by atoms with Crippen molar-refractivity contribution in [3.8, 4) is 17.2 Å². The summed E-state index contributed by atoms with van der Waals surface area (Å²) in [6.07, 6.45) is 7.71. The van der Waals surface area contributed by atoms with Crippen LogP contribution < -0.4 is 19.5 Å². The lowest BCUT2D eigenvalue weighted by Gasteiger charge is -2.38. The molecule has 1 heterocycles. The Hall–Kier alpha value is -2.36. The average Bonchev–Trinajstić information content (AvgIpc) is 3.48. The third-order valence-electron chi connectivity index (χ3n) is 8.36. The Morgan fingerprint density at radius 3 is 2.36 bits per heavy atom. The van der Waals surface area contributed by atoms with E-state index in [-0.39, 0.29) is 18.8 Å². The molecule has 8 heteroatoms. The van der Waals surface area contributed by atoms with Crippen LogP contribution in [0.1, 0.15) is 57.1 Å². The van der Waals surface area contributed by atoms with Gasteiger partial charge in [0.25, 0.3) is 0 Å². The van der Waals surface area contributed by atoms with Crippen molar-refractivity contribution in [2.75, 3.05) is 53.7 Å². The van der Waals surface area contributed by atoms with Gasteiger partial charge in [-0.3, -0.25) is 4.90 Å². The molecule has 0 amide bonds. The van der Waals surface area contributed by atoms with Crippen LogP contribution in [0.15, 0.2) is 42.5 Å². The number of aliphatic hydroxyl groups excluding tert-OH is 1. The highest BCUT2D eigenvalue weighted by Crippen LogP contribution is 2.30. The lowest BCUT2D eigenvalue weighted by molar-refractivity contribution is -0.0343. The molecular formula is C34H52N2O6. The van der Waals surface area contributed by atoms with E-state index in [4.69, 9.17) is 23.7 Å². The van der Waals surface area contributed by atoms with Gasteiger partial charge in [-0.05, 0) is 67.5 Å². The van der Waals surface area contributed by atoms with Crippen LogP contribution in [-0.4, -0.2) is 94.1 Å². The van der Waals surface area contributed by atoms with E-state index in [1.165, 1.54) is 30.4 Å². The fourth-order valence-corrected chi connectivity index (χ4v) is 5.96. The van der Waals surface area contributed by atoms with Crippen molar-refractivity contribution in [2.45, 2.75) is 89.2 Å². The van der Waals surface area contributed by atoms with Gasteiger partial charge in [-0.2, -0.15) is 0 Å². The van der Waals surface area contributed by atoms with Crippen LogP contribution >= 0.6 is 0 Å². The zero-order chi connectivity index (χ0) is 29.7. The van der Waals surface area contributed by atoms with Crippen LogP contribution in [0.3, 0.4) is 0 Å². The van der Waals surface area contributed by atoms with Gasteiger partial charge in [0.1, 0.15) is 18.5 Å². The van der Waals surface area contributed by atoms with Gasteiger partial charge in [-0.15, -0.1) is 0 Å². The predicted molar refractivity (Wildman–Crippen MR) is 166 cm³/mol. The van der Waals surface area contributed by atoms with Crippen molar-refractivity contribution in [3.63, 3.8) is 0 Å². The lowest BCUT2D eigenvalue weighted by atomic mass is 9.91. The van der Waals surface area contributed by atoms with Gasteiger partial charge in [-0.1, -0.05) is 44.9 Å². The first-order valence-electron chi connectivity index (χ1n) is 15.8. The molecule has 1 unspecified atom stereocenters. The molecule has 0 spiro atoms. The smallest absolute Gasteiger partial charge is 0.160 e. The molecule has 2 aromatic rings. The fourth-order valence-electron chi connectivity index (χ4n) is 5.96. The number of methoxy groups -OCH3 is 2.